The molecule has 41 heavy (non-hydrogen) atoms. The zero-order chi connectivity index (χ0) is 30.2. The number of benzene rings is 3. The first-order valence-corrected chi connectivity index (χ1v) is 14.7. The van der Waals surface area contributed by atoms with Crippen molar-refractivity contribution in [2.45, 2.75) is 50.7 Å². The lowest BCUT2D eigenvalue weighted by molar-refractivity contribution is -0.139. The molecule has 1 unspecified atom stereocenters. The summed E-state index contributed by atoms with van der Waals surface area (Å²) in [6.07, 6.45) is -4.09. The average molecular weight is 590 g/mol. The number of hydrogen-bond acceptors (Lipinski definition) is 4. The van der Waals surface area contributed by atoms with Crippen LogP contribution in [0.1, 0.15) is 37.0 Å². The molecule has 0 saturated carbocycles. The molecule has 0 aromatic heterocycles. The molecule has 0 spiro atoms. The van der Waals surface area contributed by atoms with E-state index in [1.54, 1.807) is 32.9 Å². The summed E-state index contributed by atoms with van der Waals surface area (Å²) in [6.45, 7) is 4.86. The summed E-state index contributed by atoms with van der Waals surface area (Å²) in [5.74, 6) is -1.12. The fourth-order valence-corrected chi connectivity index (χ4v) is 5.80. The van der Waals surface area contributed by atoms with Gasteiger partial charge in [0.1, 0.15) is 12.6 Å². The van der Waals surface area contributed by atoms with Crippen molar-refractivity contribution < 1.29 is 31.2 Å². The Morgan fingerprint density at radius 2 is 1.59 bits per heavy atom. The number of carbonyl (C=O) groups excluding carboxylic acids is 2. The molecule has 0 radical (unpaired) electrons. The van der Waals surface area contributed by atoms with Crippen molar-refractivity contribution in [1.82, 2.24) is 10.2 Å². The van der Waals surface area contributed by atoms with Crippen LogP contribution in [0, 0.1) is 6.92 Å². The fourth-order valence-electron chi connectivity index (χ4n) is 4.39. The summed E-state index contributed by atoms with van der Waals surface area (Å²) in [5, 5.41) is 2.71. The number of rotatable bonds is 12. The number of aryl methyl sites for hydroxylation is 1. The fraction of sp³-hybridized carbons (Fsp3) is 0.333. The molecule has 0 saturated heterocycles. The zero-order valence-corrected chi connectivity index (χ0v) is 24.0. The maximum absolute atomic E-state index is 13.9. The van der Waals surface area contributed by atoms with Crippen LogP contribution < -0.4 is 9.62 Å². The smallest absolute Gasteiger partial charge is 0.355 e. The van der Waals surface area contributed by atoms with Gasteiger partial charge in [0, 0.05) is 13.1 Å². The molecule has 0 aliphatic rings. The number of alkyl halides is 3. The molecule has 2 amide bonds. The van der Waals surface area contributed by atoms with Crippen LogP contribution in [0.3, 0.4) is 0 Å². The molecule has 0 fully saturated rings. The van der Waals surface area contributed by atoms with Gasteiger partial charge < -0.3 is 10.2 Å². The summed E-state index contributed by atoms with van der Waals surface area (Å²) in [5.41, 5.74) is 0.313. The van der Waals surface area contributed by atoms with Gasteiger partial charge in [0.2, 0.25) is 11.8 Å². The molecule has 3 aromatic rings. The molecule has 3 aromatic carbocycles. The second-order valence-electron chi connectivity index (χ2n) is 9.51. The summed E-state index contributed by atoms with van der Waals surface area (Å²) in [6, 6.07) is 18.0. The van der Waals surface area contributed by atoms with Gasteiger partial charge in [-0.25, -0.2) is 8.42 Å². The predicted octanol–water partition coefficient (Wildman–Crippen LogP) is 5.20. The van der Waals surface area contributed by atoms with Crippen LogP contribution in [0.15, 0.2) is 83.8 Å². The Morgan fingerprint density at radius 1 is 0.927 bits per heavy atom. The summed E-state index contributed by atoms with van der Waals surface area (Å²) in [4.78, 5) is 27.9. The van der Waals surface area contributed by atoms with Gasteiger partial charge in [-0.1, -0.05) is 61.0 Å². The van der Waals surface area contributed by atoms with Crippen molar-refractivity contribution in [2.24, 2.45) is 0 Å². The van der Waals surface area contributed by atoms with Gasteiger partial charge in [0.25, 0.3) is 10.0 Å². The number of anilines is 1. The van der Waals surface area contributed by atoms with Gasteiger partial charge in [0.05, 0.1) is 16.1 Å². The summed E-state index contributed by atoms with van der Waals surface area (Å²) < 4.78 is 69.0. The van der Waals surface area contributed by atoms with Crippen molar-refractivity contribution in [1.29, 1.82) is 0 Å². The zero-order valence-electron chi connectivity index (χ0n) is 23.2. The van der Waals surface area contributed by atoms with E-state index in [0.717, 1.165) is 23.3 Å². The highest BCUT2D eigenvalue weighted by molar-refractivity contribution is 7.92. The number of halogens is 3. The molecule has 11 heteroatoms. The minimum Gasteiger partial charge on any atom is -0.355 e. The lowest BCUT2D eigenvalue weighted by Gasteiger charge is -2.33. The largest absolute Gasteiger partial charge is 0.416 e. The highest BCUT2D eigenvalue weighted by Crippen LogP contribution is 2.33. The van der Waals surface area contributed by atoms with Crippen LogP contribution in [-0.4, -0.2) is 50.8 Å². The van der Waals surface area contributed by atoms with E-state index in [1.807, 2.05) is 30.3 Å². The van der Waals surface area contributed by atoms with E-state index in [0.29, 0.717) is 23.3 Å². The first-order valence-electron chi connectivity index (χ1n) is 13.3. The maximum Gasteiger partial charge on any atom is 0.416 e. The molecule has 220 valence electrons. The van der Waals surface area contributed by atoms with Gasteiger partial charge in [-0.3, -0.25) is 13.9 Å². The average Bonchev–Trinajstić information content (AvgIpc) is 2.94. The Bertz CT molecular complexity index is 1430. The van der Waals surface area contributed by atoms with Gasteiger partial charge in [-0.15, -0.1) is 0 Å². The second-order valence-corrected chi connectivity index (χ2v) is 11.4. The number of carbonyl (C=O) groups is 2. The first-order chi connectivity index (χ1) is 19.4. The minimum atomic E-state index is -4.73. The molecule has 1 atom stereocenters. The quantitative estimate of drug-likeness (QED) is 0.315. The monoisotopic (exact) mass is 589 g/mol. The number of nitrogens with zero attached hydrogens (tertiary/aromatic N) is 2. The highest BCUT2D eigenvalue weighted by atomic mass is 32.2. The van der Waals surface area contributed by atoms with Crippen molar-refractivity contribution in [3.63, 3.8) is 0 Å². The minimum absolute atomic E-state index is 0.0967. The molecule has 7 nitrogen and oxygen atoms in total. The van der Waals surface area contributed by atoms with Crippen LogP contribution in [-0.2, 0) is 32.2 Å². The van der Waals surface area contributed by atoms with Crippen LogP contribution in [0.2, 0.25) is 0 Å². The Balaban J connectivity index is 2.07. The SMILES string of the molecule is CCNC(=O)C(CC)N(CCc1ccccc1)C(=O)CN(c1cccc(C(F)(F)F)c1)S(=O)(=O)c1ccc(C)cc1. The third-order valence-corrected chi connectivity index (χ3v) is 8.36. The van der Waals surface area contributed by atoms with Crippen LogP contribution in [0.5, 0.6) is 0 Å². The Morgan fingerprint density at radius 3 is 2.17 bits per heavy atom. The van der Waals surface area contributed by atoms with Gasteiger partial charge in [-0.2, -0.15) is 13.2 Å². The van der Waals surface area contributed by atoms with Gasteiger partial charge in [-0.05, 0) is 62.6 Å². The number of amides is 2. The van der Waals surface area contributed by atoms with Crippen molar-refractivity contribution in [3.05, 3.63) is 95.6 Å². The molecular weight excluding hydrogens is 555 g/mol. The number of likely N-dealkylation sites (N-methyl/N-ethyl adjacent to an activating group) is 1. The normalized spacial score (nSPS) is 12.4. The van der Waals surface area contributed by atoms with Crippen LogP contribution >= 0.6 is 0 Å². The molecule has 0 heterocycles. The van der Waals surface area contributed by atoms with Gasteiger partial charge >= 0.3 is 6.18 Å². The lowest BCUT2D eigenvalue weighted by Crippen LogP contribution is -2.53. The topological polar surface area (TPSA) is 86.8 Å². The van der Waals surface area contributed by atoms with Gasteiger partial charge in [0.15, 0.2) is 0 Å². The number of hydrogen-bond donors (Lipinski definition) is 1. The molecule has 3 rings (SSSR count). The van der Waals surface area contributed by atoms with E-state index in [2.05, 4.69) is 5.32 Å². The molecule has 0 bridgehead atoms. The maximum atomic E-state index is 13.9. The van der Waals surface area contributed by atoms with E-state index in [-0.39, 0.29) is 23.5 Å². The molecule has 0 aliphatic heterocycles. The Labute approximate surface area is 239 Å². The lowest BCUT2D eigenvalue weighted by atomic mass is 10.1. The van der Waals surface area contributed by atoms with Crippen LogP contribution in [0.4, 0.5) is 18.9 Å². The third kappa shape index (κ3) is 8.09. The van der Waals surface area contributed by atoms with Crippen molar-refractivity contribution in [3.8, 4) is 0 Å². The van der Waals surface area contributed by atoms with E-state index < -0.39 is 46.2 Å². The van der Waals surface area contributed by atoms with Crippen molar-refractivity contribution in [2.75, 3.05) is 23.9 Å². The molecule has 0 aliphatic carbocycles. The molecule has 1 N–H and O–H groups in total. The third-order valence-electron chi connectivity index (χ3n) is 6.57. The number of sulfonamides is 1. The highest BCUT2D eigenvalue weighted by Gasteiger charge is 2.35. The Hall–Kier alpha value is -3.86. The predicted molar refractivity (Wildman–Crippen MR) is 152 cm³/mol. The molecular formula is C30H34F3N3O4S. The second kappa shape index (κ2) is 13.7. The van der Waals surface area contributed by atoms with E-state index >= 15 is 0 Å². The summed E-state index contributed by atoms with van der Waals surface area (Å²) in [7, 11) is -4.47. The Kier molecular flexibility index (Phi) is 10.6. The van der Waals surface area contributed by atoms with Crippen LogP contribution in [0.25, 0.3) is 0 Å². The first kappa shape index (κ1) is 31.7. The van der Waals surface area contributed by atoms with E-state index in [4.69, 9.17) is 0 Å². The summed E-state index contributed by atoms with van der Waals surface area (Å²) >= 11 is 0. The van der Waals surface area contributed by atoms with E-state index in [1.165, 1.54) is 23.1 Å². The van der Waals surface area contributed by atoms with Crippen molar-refractivity contribution >= 4 is 27.5 Å². The number of nitrogens with one attached hydrogen (secondary N) is 1. The van der Waals surface area contributed by atoms with E-state index in [9.17, 15) is 31.2 Å². The standard InChI is InChI=1S/C30H34F3N3O4S/c1-4-27(29(38)34-5-2)35(19-18-23-10-7-6-8-11-23)28(37)21-36(25-13-9-12-24(20-25)30(31,32)33)41(39,40)26-16-14-22(3)15-17-26/h6-17,20,27H,4-5,18-19,21H2,1-3H3,(H,34,38).